The Balaban J connectivity index is 1.97. The summed E-state index contributed by atoms with van der Waals surface area (Å²) in [6.45, 7) is 2.15. The van der Waals surface area contributed by atoms with Crippen LogP contribution in [0.4, 0.5) is 0 Å². The van der Waals surface area contributed by atoms with Crippen molar-refractivity contribution in [3.05, 3.63) is 0 Å². The van der Waals surface area contributed by atoms with Crippen LogP contribution < -0.4 is 16.0 Å². The van der Waals surface area contributed by atoms with Gasteiger partial charge in [-0.2, -0.15) is 0 Å². The second kappa shape index (κ2) is 2.25. The van der Waals surface area contributed by atoms with E-state index in [4.69, 9.17) is 0 Å². The molecule has 0 aromatic carbocycles. The molecule has 2 atom stereocenters. The highest BCUT2D eigenvalue weighted by molar-refractivity contribution is 4.88. The molecule has 9 heavy (non-hydrogen) atoms. The second-order valence-corrected chi connectivity index (χ2v) is 2.77. The first kappa shape index (κ1) is 5.65. The van der Waals surface area contributed by atoms with Crippen molar-refractivity contribution in [3.8, 4) is 0 Å². The largest absolute Gasteiger partial charge is 0.301 e. The lowest BCUT2D eigenvalue weighted by Crippen LogP contribution is -2.49. The van der Waals surface area contributed by atoms with Crippen LogP contribution in [0.15, 0.2) is 0 Å². The molecule has 2 unspecified atom stereocenters. The minimum atomic E-state index is 0.554. The molecule has 0 radical (unpaired) electrons. The van der Waals surface area contributed by atoms with Crippen molar-refractivity contribution < 1.29 is 0 Å². The molecule has 3 nitrogen and oxygen atoms in total. The summed E-state index contributed by atoms with van der Waals surface area (Å²) in [6.07, 6.45) is 3.19. The minimum absolute atomic E-state index is 0.554. The van der Waals surface area contributed by atoms with Gasteiger partial charge in [-0.15, -0.1) is 0 Å². The van der Waals surface area contributed by atoms with E-state index in [0.29, 0.717) is 12.2 Å². The quantitative estimate of drug-likeness (QED) is 0.399. The van der Waals surface area contributed by atoms with Gasteiger partial charge < -0.3 is 5.32 Å². The van der Waals surface area contributed by atoms with Gasteiger partial charge in [0.2, 0.25) is 0 Å². The van der Waals surface area contributed by atoms with Crippen LogP contribution in [0.5, 0.6) is 0 Å². The molecule has 0 spiro atoms. The Bertz CT molecular complexity index is 92.5. The highest BCUT2D eigenvalue weighted by atomic mass is 15.3. The van der Waals surface area contributed by atoms with Crippen LogP contribution in [-0.2, 0) is 0 Å². The van der Waals surface area contributed by atoms with Gasteiger partial charge in [0.25, 0.3) is 0 Å². The van der Waals surface area contributed by atoms with E-state index in [-0.39, 0.29) is 0 Å². The molecule has 0 aliphatic carbocycles. The summed E-state index contributed by atoms with van der Waals surface area (Å²) in [7, 11) is 0. The average Bonchev–Trinajstić information content (AvgIpc) is 2.33. The summed E-state index contributed by atoms with van der Waals surface area (Å²) < 4.78 is 0. The van der Waals surface area contributed by atoms with Gasteiger partial charge >= 0.3 is 0 Å². The number of piperidine rings is 1. The van der Waals surface area contributed by atoms with Crippen molar-refractivity contribution in [2.75, 3.05) is 13.2 Å². The first-order valence-electron chi connectivity index (χ1n) is 3.67. The fraction of sp³-hybridized carbons (Fsp3) is 1.00. The van der Waals surface area contributed by atoms with Gasteiger partial charge in [-0.3, -0.25) is 10.6 Å². The molecule has 0 bridgehead atoms. The predicted octanol–water partition coefficient (Wildman–Crippen LogP) is -0.785. The fourth-order valence-electron chi connectivity index (χ4n) is 1.62. The SMILES string of the molecule is C1CNC2NCNC2C1. The van der Waals surface area contributed by atoms with E-state index in [2.05, 4.69) is 16.0 Å². The van der Waals surface area contributed by atoms with Crippen molar-refractivity contribution in [1.82, 2.24) is 16.0 Å². The van der Waals surface area contributed by atoms with Crippen LogP contribution in [0.25, 0.3) is 0 Å². The van der Waals surface area contributed by atoms with Gasteiger partial charge in [0.1, 0.15) is 0 Å². The lowest BCUT2D eigenvalue weighted by Gasteiger charge is -2.25. The van der Waals surface area contributed by atoms with Gasteiger partial charge in [-0.25, -0.2) is 0 Å². The van der Waals surface area contributed by atoms with Gasteiger partial charge in [0.15, 0.2) is 0 Å². The monoisotopic (exact) mass is 127 g/mol. The fourth-order valence-corrected chi connectivity index (χ4v) is 1.62. The average molecular weight is 127 g/mol. The van der Waals surface area contributed by atoms with Gasteiger partial charge in [-0.1, -0.05) is 0 Å². The minimum Gasteiger partial charge on any atom is -0.301 e. The maximum atomic E-state index is 3.41. The molecule has 0 aromatic rings. The number of hydrogen-bond acceptors (Lipinski definition) is 3. The molecular formula is C6H13N3. The van der Waals surface area contributed by atoms with E-state index >= 15 is 0 Å². The number of nitrogens with one attached hydrogen (secondary N) is 3. The molecule has 2 rings (SSSR count). The summed E-state index contributed by atoms with van der Waals surface area (Å²) in [5.74, 6) is 0. The van der Waals surface area contributed by atoms with E-state index in [1.165, 1.54) is 19.4 Å². The first-order valence-corrected chi connectivity index (χ1v) is 3.67. The second-order valence-electron chi connectivity index (χ2n) is 2.77. The third-order valence-corrected chi connectivity index (χ3v) is 2.14. The van der Waals surface area contributed by atoms with E-state index in [0.717, 1.165) is 6.67 Å². The molecule has 2 fully saturated rings. The zero-order valence-electron chi connectivity index (χ0n) is 5.48. The molecule has 52 valence electrons. The zero-order valence-corrected chi connectivity index (χ0v) is 5.48. The van der Waals surface area contributed by atoms with E-state index in [9.17, 15) is 0 Å². The smallest absolute Gasteiger partial charge is 0.0740 e. The lowest BCUT2D eigenvalue weighted by atomic mass is 10.1. The van der Waals surface area contributed by atoms with Crippen LogP contribution in [0.3, 0.4) is 0 Å². The van der Waals surface area contributed by atoms with Crippen molar-refractivity contribution in [2.45, 2.75) is 25.0 Å². The lowest BCUT2D eigenvalue weighted by molar-refractivity contribution is 0.347. The molecule has 2 heterocycles. The Kier molecular flexibility index (Phi) is 1.41. The van der Waals surface area contributed by atoms with Crippen molar-refractivity contribution in [2.24, 2.45) is 0 Å². The molecule has 2 aliphatic rings. The molecule has 3 heteroatoms. The van der Waals surface area contributed by atoms with Crippen LogP contribution in [-0.4, -0.2) is 25.4 Å². The van der Waals surface area contributed by atoms with Gasteiger partial charge in [0, 0.05) is 12.7 Å². The Hall–Kier alpha value is -0.120. The van der Waals surface area contributed by atoms with Gasteiger partial charge in [-0.05, 0) is 19.4 Å². The van der Waals surface area contributed by atoms with Crippen molar-refractivity contribution in [3.63, 3.8) is 0 Å². The maximum Gasteiger partial charge on any atom is 0.0740 e. The summed E-state index contributed by atoms with van der Waals surface area (Å²) >= 11 is 0. The van der Waals surface area contributed by atoms with Crippen LogP contribution in [0, 0.1) is 0 Å². The van der Waals surface area contributed by atoms with Crippen molar-refractivity contribution >= 4 is 0 Å². The summed E-state index contributed by atoms with van der Waals surface area (Å²) in [4.78, 5) is 0. The molecule has 2 aliphatic heterocycles. The van der Waals surface area contributed by atoms with E-state index in [1.807, 2.05) is 0 Å². The third kappa shape index (κ3) is 0.956. The standard InChI is InChI=1S/C6H13N3/c1-2-5-6(7-3-1)9-4-8-5/h5-9H,1-4H2. The van der Waals surface area contributed by atoms with Crippen LogP contribution in [0.1, 0.15) is 12.8 Å². The number of rotatable bonds is 0. The number of fused-ring (bicyclic) bond motifs is 1. The Morgan fingerprint density at radius 2 is 2.11 bits per heavy atom. The predicted molar refractivity (Wildman–Crippen MR) is 36.0 cm³/mol. The Labute approximate surface area is 55.2 Å². The topological polar surface area (TPSA) is 36.1 Å². The normalized spacial score (nSPS) is 42.7. The zero-order chi connectivity index (χ0) is 6.10. The van der Waals surface area contributed by atoms with Crippen molar-refractivity contribution in [1.29, 1.82) is 0 Å². The van der Waals surface area contributed by atoms with Crippen LogP contribution >= 0.6 is 0 Å². The summed E-state index contributed by atoms with van der Waals surface area (Å²) in [5.41, 5.74) is 0. The molecule has 3 N–H and O–H groups in total. The molecule has 0 amide bonds. The molecule has 0 aromatic heterocycles. The van der Waals surface area contributed by atoms with Gasteiger partial charge in [0.05, 0.1) is 6.17 Å². The van der Waals surface area contributed by atoms with E-state index in [1.54, 1.807) is 0 Å². The highest BCUT2D eigenvalue weighted by Gasteiger charge is 2.27. The Morgan fingerprint density at radius 1 is 1.11 bits per heavy atom. The van der Waals surface area contributed by atoms with E-state index < -0.39 is 0 Å². The summed E-state index contributed by atoms with van der Waals surface area (Å²) in [6, 6.07) is 0.693. The Morgan fingerprint density at radius 3 is 3.00 bits per heavy atom. The maximum absolute atomic E-state index is 3.41. The number of hydrogen-bond donors (Lipinski definition) is 3. The molecular weight excluding hydrogens is 114 g/mol. The van der Waals surface area contributed by atoms with Crippen LogP contribution in [0.2, 0.25) is 0 Å². The molecule has 0 saturated carbocycles. The first-order chi connectivity index (χ1) is 4.47. The summed E-state index contributed by atoms with van der Waals surface area (Å²) in [5, 5.41) is 10.1. The third-order valence-electron chi connectivity index (χ3n) is 2.14. The highest BCUT2D eigenvalue weighted by Crippen LogP contribution is 2.08. The molecule has 2 saturated heterocycles.